The lowest BCUT2D eigenvalue weighted by Gasteiger charge is -2.12. The summed E-state index contributed by atoms with van der Waals surface area (Å²) in [5.41, 5.74) is -1.38. The second-order valence-electron chi connectivity index (χ2n) is 2.79. The van der Waals surface area contributed by atoms with Gasteiger partial charge in [0.25, 0.3) is 5.54 Å². The van der Waals surface area contributed by atoms with Gasteiger partial charge in [-0.05, 0) is 6.92 Å². The Kier molecular flexibility index (Phi) is 3.07. The summed E-state index contributed by atoms with van der Waals surface area (Å²) in [6.45, 7) is 2.06. The average molecular weight is 203 g/mol. The Morgan fingerprint density at radius 2 is 2.00 bits per heavy atom. The molecular weight excluding hydrogens is 190 g/mol. The van der Waals surface area contributed by atoms with Crippen molar-refractivity contribution in [1.29, 1.82) is 0 Å². The van der Waals surface area contributed by atoms with Crippen LogP contribution in [0.5, 0.6) is 0 Å². The van der Waals surface area contributed by atoms with Gasteiger partial charge in [-0.25, -0.2) is 9.59 Å². The molecule has 2 atom stereocenters. The third-order valence-electron chi connectivity index (χ3n) is 2.05. The van der Waals surface area contributed by atoms with Crippen LogP contribution in [0.3, 0.4) is 0 Å². The summed E-state index contributed by atoms with van der Waals surface area (Å²) in [5.74, 6) is -1.29. The quantitative estimate of drug-likeness (QED) is 0.343. The Bertz CT molecular complexity index is 254. The van der Waals surface area contributed by atoms with E-state index in [2.05, 4.69) is 4.74 Å². The highest BCUT2D eigenvalue weighted by molar-refractivity contribution is 6.08. The summed E-state index contributed by atoms with van der Waals surface area (Å²) < 4.78 is 9.28. The maximum absolute atomic E-state index is 11.5. The Balaban J connectivity index is 2.75. The molecule has 14 heavy (non-hydrogen) atoms. The van der Waals surface area contributed by atoms with Gasteiger partial charge in [-0.3, -0.25) is 0 Å². The molecule has 0 aromatic heterocycles. The molecule has 0 aromatic rings. The number of hydroxylamine groups is 2. The van der Waals surface area contributed by atoms with Gasteiger partial charge in [0.1, 0.15) is 0 Å². The highest BCUT2D eigenvalue weighted by Crippen LogP contribution is 2.34. The summed E-state index contributed by atoms with van der Waals surface area (Å²) in [6, 6.07) is 0. The summed E-state index contributed by atoms with van der Waals surface area (Å²) in [5, 5.41) is 1.22. The Hall–Kier alpha value is -1.14. The van der Waals surface area contributed by atoms with Crippen molar-refractivity contribution >= 4 is 11.9 Å². The van der Waals surface area contributed by atoms with Crippen LogP contribution in [0.2, 0.25) is 0 Å². The van der Waals surface area contributed by atoms with Gasteiger partial charge in [0.05, 0.1) is 27.4 Å². The first-order valence-corrected chi connectivity index (χ1v) is 4.20. The molecule has 1 aliphatic rings. The minimum absolute atomic E-state index is 0.176. The second-order valence-corrected chi connectivity index (χ2v) is 2.79. The van der Waals surface area contributed by atoms with E-state index in [1.165, 1.54) is 19.3 Å². The Labute approximate surface area is 81.7 Å². The molecule has 80 valence electrons. The molecule has 1 aliphatic heterocycles. The molecule has 0 radical (unpaired) electrons. The lowest BCUT2D eigenvalue weighted by Crippen LogP contribution is -2.40. The van der Waals surface area contributed by atoms with E-state index in [1.54, 1.807) is 6.92 Å². The zero-order valence-electron chi connectivity index (χ0n) is 8.40. The maximum Gasteiger partial charge on any atom is 0.342 e. The Morgan fingerprint density at radius 3 is 2.36 bits per heavy atom. The van der Waals surface area contributed by atoms with Crippen LogP contribution in [-0.4, -0.2) is 49.9 Å². The fourth-order valence-corrected chi connectivity index (χ4v) is 1.23. The fourth-order valence-electron chi connectivity index (χ4n) is 1.23. The third-order valence-corrected chi connectivity index (χ3v) is 2.05. The first kappa shape index (κ1) is 10.9. The predicted octanol–water partition coefficient (Wildman–Crippen LogP) is -0.662. The second kappa shape index (κ2) is 3.93. The van der Waals surface area contributed by atoms with E-state index in [4.69, 9.17) is 9.57 Å². The molecule has 1 saturated heterocycles. The maximum atomic E-state index is 11.5. The number of hydrogen-bond acceptors (Lipinski definition) is 6. The first-order valence-electron chi connectivity index (χ1n) is 4.20. The van der Waals surface area contributed by atoms with Crippen molar-refractivity contribution in [2.75, 3.05) is 27.4 Å². The molecule has 1 heterocycles. The lowest BCUT2D eigenvalue weighted by atomic mass is 10.1. The van der Waals surface area contributed by atoms with Crippen molar-refractivity contribution in [2.45, 2.75) is 12.5 Å². The summed E-state index contributed by atoms with van der Waals surface area (Å²) in [7, 11) is 2.60. The molecule has 0 amide bonds. The third kappa shape index (κ3) is 1.46. The van der Waals surface area contributed by atoms with E-state index in [0.717, 1.165) is 0 Å². The van der Waals surface area contributed by atoms with Crippen molar-refractivity contribution in [3.8, 4) is 0 Å². The number of methoxy groups -OCH3 is 1. The van der Waals surface area contributed by atoms with Crippen molar-refractivity contribution in [3.63, 3.8) is 0 Å². The summed E-state index contributed by atoms with van der Waals surface area (Å²) >= 11 is 0. The summed E-state index contributed by atoms with van der Waals surface area (Å²) in [6.07, 6.45) is 0. The monoisotopic (exact) mass is 203 g/mol. The molecule has 0 aliphatic carbocycles. The molecule has 0 saturated carbocycles. The smallest absolute Gasteiger partial charge is 0.342 e. The number of rotatable bonds is 4. The molecule has 0 bridgehead atoms. The van der Waals surface area contributed by atoms with Crippen LogP contribution in [0.1, 0.15) is 6.92 Å². The largest absolute Gasteiger partial charge is 0.467 e. The SMILES string of the molecule is CCOC(=O)C1(C(=O)OC)CN1OC. The highest BCUT2D eigenvalue weighted by atomic mass is 16.7. The normalized spacial score (nSPS) is 29.5. The molecule has 0 aromatic carbocycles. The zero-order chi connectivity index (χ0) is 10.8. The van der Waals surface area contributed by atoms with Gasteiger partial charge >= 0.3 is 11.9 Å². The molecule has 1 fully saturated rings. The van der Waals surface area contributed by atoms with E-state index in [-0.39, 0.29) is 13.2 Å². The molecule has 6 nitrogen and oxygen atoms in total. The van der Waals surface area contributed by atoms with E-state index in [1.807, 2.05) is 0 Å². The van der Waals surface area contributed by atoms with Gasteiger partial charge in [-0.2, -0.15) is 5.06 Å². The van der Waals surface area contributed by atoms with E-state index in [9.17, 15) is 9.59 Å². The van der Waals surface area contributed by atoms with Gasteiger partial charge in [-0.15, -0.1) is 0 Å². The number of carbonyl (C=O) groups excluding carboxylic acids is 2. The van der Waals surface area contributed by atoms with E-state index in [0.29, 0.717) is 0 Å². The molecule has 1 rings (SSSR count). The van der Waals surface area contributed by atoms with E-state index >= 15 is 0 Å². The number of esters is 2. The van der Waals surface area contributed by atoms with Gasteiger partial charge < -0.3 is 14.3 Å². The average Bonchev–Trinajstić information content (AvgIpc) is 2.92. The van der Waals surface area contributed by atoms with Crippen molar-refractivity contribution in [3.05, 3.63) is 0 Å². The fraction of sp³-hybridized carbons (Fsp3) is 0.750. The minimum Gasteiger partial charge on any atom is -0.467 e. The molecule has 6 heteroatoms. The number of ether oxygens (including phenoxy) is 2. The van der Waals surface area contributed by atoms with Crippen molar-refractivity contribution in [1.82, 2.24) is 5.06 Å². The van der Waals surface area contributed by atoms with E-state index < -0.39 is 17.5 Å². The molecular formula is C8H13NO5. The summed E-state index contributed by atoms with van der Waals surface area (Å²) in [4.78, 5) is 27.6. The van der Waals surface area contributed by atoms with Crippen LogP contribution in [0.4, 0.5) is 0 Å². The van der Waals surface area contributed by atoms with Crippen LogP contribution in [0.25, 0.3) is 0 Å². The minimum atomic E-state index is -1.38. The van der Waals surface area contributed by atoms with Gasteiger partial charge in [0.2, 0.25) is 0 Å². The number of hydrogen-bond donors (Lipinski definition) is 0. The molecule has 2 unspecified atom stereocenters. The predicted molar refractivity (Wildman–Crippen MR) is 45.1 cm³/mol. The number of carbonyl (C=O) groups is 2. The zero-order valence-corrected chi connectivity index (χ0v) is 8.40. The lowest BCUT2D eigenvalue weighted by molar-refractivity contribution is -0.169. The van der Waals surface area contributed by atoms with Gasteiger partial charge in [-0.1, -0.05) is 0 Å². The van der Waals surface area contributed by atoms with Crippen LogP contribution in [0, 0.1) is 0 Å². The van der Waals surface area contributed by atoms with Crippen molar-refractivity contribution in [2.24, 2.45) is 0 Å². The van der Waals surface area contributed by atoms with Gasteiger partial charge in [0, 0.05) is 0 Å². The van der Waals surface area contributed by atoms with Crippen LogP contribution >= 0.6 is 0 Å². The standard InChI is InChI=1S/C8H13NO5/c1-4-14-7(11)8(6(10)12-2)5-9(8)13-3/h4-5H2,1-3H3. The molecule has 0 N–H and O–H groups in total. The first-order chi connectivity index (χ1) is 6.63. The van der Waals surface area contributed by atoms with Gasteiger partial charge in [0.15, 0.2) is 0 Å². The Morgan fingerprint density at radius 1 is 1.36 bits per heavy atom. The topological polar surface area (TPSA) is 64.8 Å². The molecule has 0 spiro atoms. The van der Waals surface area contributed by atoms with Crippen molar-refractivity contribution < 1.29 is 23.9 Å². The highest BCUT2D eigenvalue weighted by Gasteiger charge is 2.68. The number of nitrogens with zero attached hydrogens (tertiary/aromatic N) is 1. The van der Waals surface area contributed by atoms with Crippen LogP contribution in [0.15, 0.2) is 0 Å². The van der Waals surface area contributed by atoms with Crippen LogP contribution < -0.4 is 0 Å². The van der Waals surface area contributed by atoms with Crippen LogP contribution in [-0.2, 0) is 23.9 Å².